The fourth-order valence-electron chi connectivity index (χ4n) is 3.15. The standard InChI is InChI=1S/C19H21F3N2O6S2/c1-5-30-18(25)16-13(9-7-11-23-16)17(31(3,26)27)12-8-6-10-14(15(12)19(20,21)22)24(2)32(4,28)29/h6-11,17H,5H2,1-4H3. The number of anilines is 1. The van der Waals surface area contributed by atoms with E-state index in [0.717, 1.165) is 31.3 Å². The van der Waals surface area contributed by atoms with Crippen LogP contribution >= 0.6 is 0 Å². The number of benzene rings is 1. The van der Waals surface area contributed by atoms with Crippen molar-refractivity contribution in [1.82, 2.24) is 4.98 Å². The minimum absolute atomic E-state index is 0.0686. The molecule has 0 spiro atoms. The second-order valence-corrected chi connectivity index (χ2v) is 11.0. The maximum absolute atomic E-state index is 14.2. The zero-order valence-electron chi connectivity index (χ0n) is 17.5. The number of alkyl halides is 3. The monoisotopic (exact) mass is 494 g/mol. The topological polar surface area (TPSA) is 111 Å². The van der Waals surface area contributed by atoms with Crippen molar-refractivity contribution >= 4 is 31.5 Å². The fourth-order valence-corrected chi connectivity index (χ4v) is 4.97. The number of ether oxygens (including phenoxy) is 1. The zero-order chi connectivity index (χ0) is 24.5. The number of sulfonamides is 1. The molecular formula is C19H21F3N2O6S2. The molecule has 1 aromatic carbocycles. The van der Waals surface area contributed by atoms with Gasteiger partial charge in [-0.25, -0.2) is 26.6 Å². The van der Waals surface area contributed by atoms with Gasteiger partial charge in [-0.2, -0.15) is 13.2 Å². The van der Waals surface area contributed by atoms with Gasteiger partial charge in [0.15, 0.2) is 15.5 Å². The van der Waals surface area contributed by atoms with E-state index in [0.29, 0.717) is 16.8 Å². The number of pyridine rings is 1. The molecule has 176 valence electrons. The molecule has 0 amide bonds. The van der Waals surface area contributed by atoms with E-state index in [1.807, 2.05) is 0 Å². The van der Waals surface area contributed by atoms with Gasteiger partial charge < -0.3 is 4.74 Å². The number of halogens is 3. The second-order valence-electron chi connectivity index (χ2n) is 6.84. The van der Waals surface area contributed by atoms with E-state index < -0.39 is 59.8 Å². The molecule has 0 aliphatic carbocycles. The molecule has 8 nitrogen and oxygen atoms in total. The summed E-state index contributed by atoms with van der Waals surface area (Å²) in [4.78, 5) is 16.1. The molecule has 0 N–H and O–H groups in total. The van der Waals surface area contributed by atoms with Crippen LogP contribution in [-0.4, -0.2) is 54.0 Å². The molecule has 0 radical (unpaired) electrons. The van der Waals surface area contributed by atoms with Crippen LogP contribution in [0.4, 0.5) is 18.9 Å². The van der Waals surface area contributed by atoms with Crippen molar-refractivity contribution < 1.29 is 39.5 Å². The van der Waals surface area contributed by atoms with Gasteiger partial charge in [0.25, 0.3) is 0 Å². The Morgan fingerprint density at radius 1 is 1.09 bits per heavy atom. The van der Waals surface area contributed by atoms with Crippen molar-refractivity contribution in [2.45, 2.75) is 18.3 Å². The Balaban J connectivity index is 2.97. The van der Waals surface area contributed by atoms with E-state index in [1.165, 1.54) is 19.2 Å². The summed E-state index contributed by atoms with van der Waals surface area (Å²) in [5.41, 5.74) is -3.74. The van der Waals surface area contributed by atoms with Crippen LogP contribution in [0.25, 0.3) is 0 Å². The number of sulfone groups is 1. The van der Waals surface area contributed by atoms with Gasteiger partial charge >= 0.3 is 12.1 Å². The SMILES string of the molecule is CCOC(=O)c1ncccc1C(c1cccc(N(C)S(C)(=O)=O)c1C(F)(F)F)S(C)(=O)=O. The summed E-state index contributed by atoms with van der Waals surface area (Å²) in [5.74, 6) is -1.00. The van der Waals surface area contributed by atoms with Crippen LogP contribution in [0.5, 0.6) is 0 Å². The highest BCUT2D eigenvalue weighted by Crippen LogP contribution is 2.45. The van der Waals surface area contributed by atoms with Crippen LogP contribution in [0.3, 0.4) is 0 Å². The largest absolute Gasteiger partial charge is 0.461 e. The van der Waals surface area contributed by atoms with E-state index in [1.54, 1.807) is 0 Å². The number of rotatable bonds is 7. The maximum Gasteiger partial charge on any atom is 0.418 e. The lowest BCUT2D eigenvalue weighted by Crippen LogP contribution is -2.29. The van der Waals surface area contributed by atoms with E-state index in [-0.39, 0.29) is 12.2 Å². The molecular weight excluding hydrogens is 473 g/mol. The smallest absolute Gasteiger partial charge is 0.418 e. The van der Waals surface area contributed by atoms with Crippen molar-refractivity contribution in [2.24, 2.45) is 0 Å². The number of aromatic nitrogens is 1. The summed E-state index contributed by atoms with van der Waals surface area (Å²) < 4.78 is 97.2. The summed E-state index contributed by atoms with van der Waals surface area (Å²) in [7, 11) is -7.51. The van der Waals surface area contributed by atoms with E-state index >= 15 is 0 Å². The molecule has 0 bridgehead atoms. The van der Waals surface area contributed by atoms with Crippen molar-refractivity contribution in [3.63, 3.8) is 0 Å². The molecule has 1 heterocycles. The Bertz CT molecular complexity index is 1230. The van der Waals surface area contributed by atoms with Gasteiger partial charge in [0, 0.05) is 25.1 Å². The predicted octanol–water partition coefficient (Wildman–Crippen LogP) is 2.81. The van der Waals surface area contributed by atoms with E-state index in [2.05, 4.69) is 4.98 Å². The van der Waals surface area contributed by atoms with Gasteiger partial charge in [-0.3, -0.25) is 4.31 Å². The first-order valence-electron chi connectivity index (χ1n) is 9.05. The Kier molecular flexibility index (Phi) is 7.24. The van der Waals surface area contributed by atoms with Gasteiger partial charge in [0.05, 0.1) is 24.1 Å². The van der Waals surface area contributed by atoms with Crippen molar-refractivity contribution in [2.75, 3.05) is 30.5 Å². The average Bonchev–Trinajstić information content (AvgIpc) is 2.65. The number of hydrogen-bond donors (Lipinski definition) is 0. The second kappa shape index (κ2) is 9.06. The third-order valence-electron chi connectivity index (χ3n) is 4.50. The highest BCUT2D eigenvalue weighted by Gasteiger charge is 2.43. The first-order chi connectivity index (χ1) is 14.6. The summed E-state index contributed by atoms with van der Waals surface area (Å²) in [5, 5.41) is -1.97. The van der Waals surface area contributed by atoms with Crippen molar-refractivity contribution in [3.8, 4) is 0 Å². The fraction of sp³-hybridized carbons (Fsp3) is 0.368. The first-order valence-corrected chi connectivity index (χ1v) is 12.9. The van der Waals surface area contributed by atoms with Crippen LogP contribution in [0.1, 0.15) is 39.4 Å². The highest BCUT2D eigenvalue weighted by atomic mass is 32.2. The van der Waals surface area contributed by atoms with E-state index in [9.17, 15) is 34.8 Å². The van der Waals surface area contributed by atoms with Gasteiger partial charge in [-0.05, 0) is 24.6 Å². The lowest BCUT2D eigenvalue weighted by Gasteiger charge is -2.27. The molecule has 0 saturated carbocycles. The highest BCUT2D eigenvalue weighted by molar-refractivity contribution is 7.92. The Labute approximate surface area is 184 Å². The summed E-state index contributed by atoms with van der Waals surface area (Å²) in [6.45, 7) is 1.43. The van der Waals surface area contributed by atoms with Crippen molar-refractivity contribution in [1.29, 1.82) is 0 Å². The maximum atomic E-state index is 14.2. The van der Waals surface area contributed by atoms with Gasteiger partial charge in [-0.15, -0.1) is 0 Å². The van der Waals surface area contributed by atoms with Gasteiger partial charge in [0.1, 0.15) is 5.25 Å². The molecule has 1 atom stereocenters. The molecule has 0 fully saturated rings. The first kappa shape index (κ1) is 25.6. The van der Waals surface area contributed by atoms with Crippen molar-refractivity contribution in [3.05, 3.63) is 58.9 Å². The summed E-state index contributed by atoms with van der Waals surface area (Å²) in [6, 6.07) is 5.40. The average molecular weight is 495 g/mol. The number of carbonyl (C=O) groups excluding carboxylic acids is 1. The van der Waals surface area contributed by atoms with Crippen LogP contribution in [0.15, 0.2) is 36.5 Å². The number of hydrogen-bond acceptors (Lipinski definition) is 7. The van der Waals surface area contributed by atoms with E-state index in [4.69, 9.17) is 4.74 Å². The molecule has 0 aliphatic heterocycles. The Hall–Kier alpha value is -2.67. The summed E-state index contributed by atoms with van der Waals surface area (Å²) in [6.07, 6.45) is -2.52. The predicted molar refractivity (Wildman–Crippen MR) is 112 cm³/mol. The lowest BCUT2D eigenvalue weighted by atomic mass is 9.96. The quantitative estimate of drug-likeness (QED) is 0.544. The minimum atomic E-state index is -5.12. The van der Waals surface area contributed by atoms with Crippen LogP contribution in [0, 0.1) is 0 Å². The molecule has 2 aromatic rings. The molecule has 32 heavy (non-hydrogen) atoms. The number of esters is 1. The lowest BCUT2D eigenvalue weighted by molar-refractivity contribution is -0.137. The van der Waals surface area contributed by atoms with Crippen LogP contribution in [0.2, 0.25) is 0 Å². The molecule has 0 aliphatic rings. The van der Waals surface area contributed by atoms with Crippen LogP contribution < -0.4 is 4.31 Å². The third kappa shape index (κ3) is 5.38. The normalized spacial score (nSPS) is 13.5. The van der Waals surface area contributed by atoms with Crippen LogP contribution in [-0.2, 0) is 30.8 Å². The molecule has 2 rings (SSSR count). The number of carbonyl (C=O) groups is 1. The molecule has 0 saturated heterocycles. The third-order valence-corrected chi connectivity index (χ3v) is 7.05. The molecule has 1 aromatic heterocycles. The minimum Gasteiger partial charge on any atom is -0.461 e. The van der Waals surface area contributed by atoms with Gasteiger partial charge in [-0.1, -0.05) is 18.2 Å². The Morgan fingerprint density at radius 2 is 1.69 bits per heavy atom. The van der Waals surface area contributed by atoms with Gasteiger partial charge in [0.2, 0.25) is 10.0 Å². The Morgan fingerprint density at radius 3 is 2.19 bits per heavy atom. The molecule has 1 unspecified atom stereocenters. The summed E-state index contributed by atoms with van der Waals surface area (Å²) >= 11 is 0. The zero-order valence-corrected chi connectivity index (χ0v) is 19.2. The number of nitrogens with zero attached hydrogens (tertiary/aromatic N) is 2. The molecule has 13 heteroatoms.